The fourth-order valence-corrected chi connectivity index (χ4v) is 3.31. The number of anilines is 1. The minimum Gasteiger partial charge on any atom is -0.487 e. The molecule has 2 amide bonds. The van der Waals surface area contributed by atoms with Gasteiger partial charge in [-0.15, -0.1) is 11.8 Å². The first-order chi connectivity index (χ1) is 12.1. The third-order valence-corrected chi connectivity index (χ3v) is 4.92. The maximum Gasteiger partial charge on any atom is 0.291 e. The second-order valence-electron chi connectivity index (χ2n) is 6.03. The molecule has 2 aliphatic heterocycles. The van der Waals surface area contributed by atoms with E-state index in [0.717, 1.165) is 30.8 Å². The predicted octanol–water partition coefficient (Wildman–Crippen LogP) is 2.45. The van der Waals surface area contributed by atoms with E-state index >= 15 is 0 Å². The van der Waals surface area contributed by atoms with Gasteiger partial charge in [0.2, 0.25) is 0 Å². The van der Waals surface area contributed by atoms with Crippen LogP contribution in [0.25, 0.3) is 0 Å². The average Bonchev–Trinajstić information content (AvgIpc) is 3.16. The van der Waals surface area contributed by atoms with E-state index in [0.29, 0.717) is 30.2 Å². The van der Waals surface area contributed by atoms with Crippen molar-refractivity contribution in [2.75, 3.05) is 30.8 Å². The molecule has 0 unspecified atom stereocenters. The molecule has 0 aliphatic carbocycles. The molecule has 6 nitrogen and oxygen atoms in total. The van der Waals surface area contributed by atoms with Crippen molar-refractivity contribution in [1.29, 1.82) is 0 Å². The van der Waals surface area contributed by atoms with Crippen LogP contribution in [0.3, 0.4) is 0 Å². The highest BCUT2D eigenvalue weighted by atomic mass is 32.2. The molecule has 2 heterocycles. The standard InChI is InChI=1S/C18H22N2O4S/c1-12-4-5-13(17(21)19-10-14-3-2-6-23-14)9-15(12)20-18(22)16-11-25-8-7-24-16/h4-5,9,11,14H,2-3,6-8,10H2,1H3,(H,19,21)(H,20,22)/t14-/m0/s1. The van der Waals surface area contributed by atoms with Gasteiger partial charge in [-0.05, 0) is 37.5 Å². The first kappa shape index (κ1) is 17.8. The monoisotopic (exact) mass is 362 g/mol. The molecule has 0 spiro atoms. The first-order valence-corrected chi connectivity index (χ1v) is 9.45. The molecule has 25 heavy (non-hydrogen) atoms. The molecule has 2 aliphatic rings. The highest BCUT2D eigenvalue weighted by Crippen LogP contribution is 2.21. The third-order valence-electron chi connectivity index (χ3n) is 4.14. The van der Waals surface area contributed by atoms with E-state index < -0.39 is 0 Å². The van der Waals surface area contributed by atoms with Gasteiger partial charge in [0, 0.05) is 35.6 Å². The second-order valence-corrected chi connectivity index (χ2v) is 7.01. The van der Waals surface area contributed by atoms with E-state index in [1.54, 1.807) is 29.3 Å². The fraction of sp³-hybridized carbons (Fsp3) is 0.444. The number of amides is 2. The normalized spacial score (nSPS) is 19.7. The zero-order valence-corrected chi connectivity index (χ0v) is 15.0. The van der Waals surface area contributed by atoms with Gasteiger partial charge in [-0.3, -0.25) is 9.59 Å². The predicted molar refractivity (Wildman–Crippen MR) is 97.6 cm³/mol. The Morgan fingerprint density at radius 1 is 1.28 bits per heavy atom. The summed E-state index contributed by atoms with van der Waals surface area (Å²) in [7, 11) is 0. The molecular weight excluding hydrogens is 340 g/mol. The quantitative estimate of drug-likeness (QED) is 0.841. The zero-order valence-electron chi connectivity index (χ0n) is 14.2. The molecule has 0 aromatic heterocycles. The van der Waals surface area contributed by atoms with Crippen molar-refractivity contribution in [2.45, 2.75) is 25.9 Å². The molecule has 1 atom stereocenters. The number of carbonyl (C=O) groups excluding carboxylic acids is 2. The van der Waals surface area contributed by atoms with Crippen molar-refractivity contribution in [1.82, 2.24) is 5.32 Å². The Hall–Kier alpha value is -1.99. The van der Waals surface area contributed by atoms with Crippen LogP contribution in [-0.2, 0) is 14.3 Å². The van der Waals surface area contributed by atoms with Crippen molar-refractivity contribution < 1.29 is 19.1 Å². The summed E-state index contributed by atoms with van der Waals surface area (Å²) in [6, 6.07) is 5.26. The molecule has 7 heteroatoms. The number of aryl methyl sites for hydroxylation is 1. The van der Waals surface area contributed by atoms with Crippen molar-refractivity contribution >= 4 is 29.3 Å². The second kappa shape index (κ2) is 8.40. The molecule has 3 rings (SSSR count). The molecule has 1 aromatic carbocycles. The van der Waals surface area contributed by atoms with E-state index in [-0.39, 0.29) is 17.9 Å². The Bertz CT molecular complexity index is 684. The Balaban J connectivity index is 1.63. The number of rotatable bonds is 5. The molecule has 1 fully saturated rings. The van der Waals surface area contributed by atoms with Crippen LogP contribution < -0.4 is 10.6 Å². The maximum atomic E-state index is 12.3. The lowest BCUT2D eigenvalue weighted by Crippen LogP contribution is -2.31. The van der Waals surface area contributed by atoms with Gasteiger partial charge < -0.3 is 20.1 Å². The van der Waals surface area contributed by atoms with Gasteiger partial charge in [0.25, 0.3) is 11.8 Å². The van der Waals surface area contributed by atoms with E-state index in [1.807, 2.05) is 13.0 Å². The fourth-order valence-electron chi connectivity index (χ4n) is 2.68. The topological polar surface area (TPSA) is 76.7 Å². The van der Waals surface area contributed by atoms with Crippen LogP contribution in [0.4, 0.5) is 5.69 Å². The minimum absolute atomic E-state index is 0.0986. The molecule has 134 valence electrons. The summed E-state index contributed by atoms with van der Waals surface area (Å²) in [4.78, 5) is 24.6. The summed E-state index contributed by atoms with van der Waals surface area (Å²) < 4.78 is 10.9. The molecule has 1 aromatic rings. The Kier molecular flexibility index (Phi) is 5.99. The third kappa shape index (κ3) is 4.76. The lowest BCUT2D eigenvalue weighted by molar-refractivity contribution is -0.116. The number of thioether (sulfide) groups is 1. The van der Waals surface area contributed by atoms with Crippen LogP contribution in [0, 0.1) is 6.92 Å². The van der Waals surface area contributed by atoms with Gasteiger partial charge in [-0.1, -0.05) is 6.07 Å². The van der Waals surface area contributed by atoms with Crippen molar-refractivity contribution in [2.24, 2.45) is 0 Å². The van der Waals surface area contributed by atoms with Gasteiger partial charge in [-0.2, -0.15) is 0 Å². The van der Waals surface area contributed by atoms with Gasteiger partial charge in [0.15, 0.2) is 5.76 Å². The van der Waals surface area contributed by atoms with Crippen LogP contribution in [0.5, 0.6) is 0 Å². The molecule has 0 saturated carbocycles. The van der Waals surface area contributed by atoms with Crippen molar-refractivity contribution in [3.63, 3.8) is 0 Å². The summed E-state index contributed by atoms with van der Waals surface area (Å²) in [5.74, 6) is 0.682. The average molecular weight is 362 g/mol. The van der Waals surface area contributed by atoms with Crippen molar-refractivity contribution in [3.8, 4) is 0 Å². The van der Waals surface area contributed by atoms with Crippen LogP contribution in [0.1, 0.15) is 28.8 Å². The largest absolute Gasteiger partial charge is 0.487 e. The number of nitrogens with one attached hydrogen (secondary N) is 2. The number of ether oxygens (including phenoxy) is 2. The van der Waals surface area contributed by atoms with E-state index in [9.17, 15) is 9.59 Å². The Morgan fingerprint density at radius 2 is 2.16 bits per heavy atom. The molecular formula is C18H22N2O4S. The Morgan fingerprint density at radius 3 is 2.88 bits per heavy atom. The van der Waals surface area contributed by atoms with Crippen LogP contribution in [-0.4, -0.2) is 43.4 Å². The minimum atomic E-state index is -0.299. The SMILES string of the molecule is Cc1ccc(C(=O)NC[C@@H]2CCCO2)cc1NC(=O)C1=CSCCO1. The zero-order chi connectivity index (χ0) is 17.6. The molecule has 0 bridgehead atoms. The summed E-state index contributed by atoms with van der Waals surface area (Å²) in [6.07, 6.45) is 2.11. The van der Waals surface area contributed by atoms with Crippen molar-refractivity contribution in [3.05, 3.63) is 40.5 Å². The van der Waals surface area contributed by atoms with Crippen LogP contribution in [0.15, 0.2) is 29.4 Å². The maximum absolute atomic E-state index is 12.3. The highest BCUT2D eigenvalue weighted by Gasteiger charge is 2.18. The molecule has 2 N–H and O–H groups in total. The van der Waals surface area contributed by atoms with Gasteiger partial charge in [0.1, 0.15) is 0 Å². The summed E-state index contributed by atoms with van der Waals surface area (Å²) in [5.41, 5.74) is 2.00. The van der Waals surface area contributed by atoms with E-state index in [1.165, 1.54) is 0 Å². The van der Waals surface area contributed by atoms with Gasteiger partial charge in [-0.25, -0.2) is 0 Å². The first-order valence-electron chi connectivity index (χ1n) is 8.40. The lowest BCUT2D eigenvalue weighted by Gasteiger charge is -2.16. The number of carbonyl (C=O) groups is 2. The summed E-state index contributed by atoms with van der Waals surface area (Å²) in [6.45, 7) is 3.67. The number of benzene rings is 1. The van der Waals surface area contributed by atoms with E-state index in [2.05, 4.69) is 10.6 Å². The number of hydrogen-bond acceptors (Lipinski definition) is 5. The van der Waals surface area contributed by atoms with Gasteiger partial charge in [0.05, 0.1) is 12.7 Å². The number of hydrogen-bond donors (Lipinski definition) is 2. The summed E-state index contributed by atoms with van der Waals surface area (Å²) >= 11 is 1.55. The smallest absolute Gasteiger partial charge is 0.291 e. The summed E-state index contributed by atoms with van der Waals surface area (Å²) in [5, 5.41) is 7.42. The van der Waals surface area contributed by atoms with Crippen LogP contribution in [0.2, 0.25) is 0 Å². The van der Waals surface area contributed by atoms with Crippen LogP contribution >= 0.6 is 11.8 Å². The van der Waals surface area contributed by atoms with E-state index in [4.69, 9.17) is 9.47 Å². The molecule has 0 radical (unpaired) electrons. The highest BCUT2D eigenvalue weighted by molar-refractivity contribution is 8.02. The van der Waals surface area contributed by atoms with Gasteiger partial charge >= 0.3 is 0 Å². The lowest BCUT2D eigenvalue weighted by atomic mass is 10.1. The Labute approximate surface area is 151 Å². The molecule has 1 saturated heterocycles.